The lowest BCUT2D eigenvalue weighted by Crippen LogP contribution is -2.26. The normalized spacial score (nSPS) is 11.0. The van der Waals surface area contributed by atoms with Gasteiger partial charge in [-0.15, -0.1) is 0 Å². The highest BCUT2D eigenvalue weighted by molar-refractivity contribution is 6.34. The summed E-state index contributed by atoms with van der Waals surface area (Å²) in [7, 11) is -1.27. The van der Waals surface area contributed by atoms with Crippen molar-refractivity contribution in [2.24, 2.45) is 5.90 Å². The van der Waals surface area contributed by atoms with Crippen molar-refractivity contribution in [3.8, 4) is 0 Å². The van der Waals surface area contributed by atoms with Gasteiger partial charge < -0.3 is 14.4 Å². The SMILES string of the molecule is CCCCCCCCCCCCCCCCOB(O)ON. The topological polar surface area (TPSA) is 64.7 Å². The van der Waals surface area contributed by atoms with E-state index in [-0.39, 0.29) is 0 Å². The molecule has 0 heterocycles. The van der Waals surface area contributed by atoms with E-state index in [1.165, 1.54) is 77.0 Å². The molecule has 0 fully saturated rings. The van der Waals surface area contributed by atoms with Gasteiger partial charge in [0.05, 0.1) is 0 Å². The van der Waals surface area contributed by atoms with Gasteiger partial charge in [-0.1, -0.05) is 90.4 Å². The molecular weight excluding hydrogens is 265 g/mol. The first-order valence-electron chi connectivity index (χ1n) is 8.96. The van der Waals surface area contributed by atoms with Gasteiger partial charge in [0.2, 0.25) is 0 Å². The highest BCUT2D eigenvalue weighted by Crippen LogP contribution is 2.12. The van der Waals surface area contributed by atoms with Gasteiger partial charge in [-0.3, -0.25) is 0 Å². The number of nitrogens with two attached hydrogens (primary N) is 1. The summed E-state index contributed by atoms with van der Waals surface area (Å²) >= 11 is 0. The van der Waals surface area contributed by atoms with Crippen molar-refractivity contribution < 1.29 is 14.4 Å². The minimum Gasteiger partial charge on any atom is -0.401 e. The van der Waals surface area contributed by atoms with Crippen LogP contribution >= 0.6 is 0 Å². The van der Waals surface area contributed by atoms with Gasteiger partial charge in [-0.05, 0) is 6.42 Å². The lowest BCUT2D eigenvalue weighted by atomic mass is 10.0. The molecule has 21 heavy (non-hydrogen) atoms. The van der Waals surface area contributed by atoms with Crippen LogP contribution in [-0.4, -0.2) is 19.0 Å². The zero-order valence-electron chi connectivity index (χ0n) is 14.0. The Kier molecular flexibility index (Phi) is 17.9. The molecule has 126 valence electrons. The van der Waals surface area contributed by atoms with Gasteiger partial charge in [0.25, 0.3) is 0 Å². The van der Waals surface area contributed by atoms with Gasteiger partial charge in [0, 0.05) is 6.61 Å². The number of rotatable bonds is 17. The Morgan fingerprint density at radius 2 is 1.10 bits per heavy atom. The molecule has 0 aliphatic heterocycles. The minimum atomic E-state index is -1.27. The second-order valence-electron chi connectivity index (χ2n) is 5.91. The maximum atomic E-state index is 8.89. The maximum absolute atomic E-state index is 8.89. The molecule has 0 aliphatic rings. The summed E-state index contributed by atoms with van der Waals surface area (Å²) in [5.41, 5.74) is 0. The smallest absolute Gasteiger partial charge is 0.401 e. The van der Waals surface area contributed by atoms with E-state index in [2.05, 4.69) is 11.7 Å². The second kappa shape index (κ2) is 18.0. The zero-order valence-corrected chi connectivity index (χ0v) is 14.0. The van der Waals surface area contributed by atoms with Crippen LogP contribution in [0.25, 0.3) is 0 Å². The molecule has 0 aliphatic carbocycles. The van der Waals surface area contributed by atoms with Crippen LogP contribution < -0.4 is 5.90 Å². The predicted molar refractivity (Wildman–Crippen MR) is 89.5 cm³/mol. The quantitative estimate of drug-likeness (QED) is 0.238. The van der Waals surface area contributed by atoms with Crippen molar-refractivity contribution in [3.05, 3.63) is 0 Å². The van der Waals surface area contributed by atoms with Crippen LogP contribution in [0, 0.1) is 0 Å². The fourth-order valence-electron chi connectivity index (χ4n) is 2.52. The summed E-state index contributed by atoms with van der Waals surface area (Å²) in [6.45, 7) is 2.78. The van der Waals surface area contributed by atoms with Crippen LogP contribution in [0.4, 0.5) is 0 Å². The van der Waals surface area contributed by atoms with E-state index in [9.17, 15) is 0 Å². The van der Waals surface area contributed by atoms with Gasteiger partial charge >= 0.3 is 7.32 Å². The first kappa shape index (κ1) is 20.9. The summed E-state index contributed by atoms with van der Waals surface area (Å²) in [6, 6.07) is 0. The van der Waals surface area contributed by atoms with Gasteiger partial charge in [-0.2, -0.15) is 0 Å². The number of hydrogen-bond donors (Lipinski definition) is 2. The average Bonchev–Trinajstić information content (AvgIpc) is 2.50. The zero-order chi connectivity index (χ0) is 15.6. The Morgan fingerprint density at radius 3 is 1.48 bits per heavy atom. The van der Waals surface area contributed by atoms with E-state index >= 15 is 0 Å². The largest absolute Gasteiger partial charge is 0.654 e. The molecule has 0 amide bonds. The second-order valence-corrected chi connectivity index (χ2v) is 5.91. The van der Waals surface area contributed by atoms with Crippen LogP contribution in [0.3, 0.4) is 0 Å². The van der Waals surface area contributed by atoms with Gasteiger partial charge in [-0.25, -0.2) is 5.90 Å². The highest BCUT2D eigenvalue weighted by Gasteiger charge is 2.12. The first-order chi connectivity index (χ1) is 10.3. The summed E-state index contributed by atoms with van der Waals surface area (Å²) in [6.07, 6.45) is 18.7. The van der Waals surface area contributed by atoms with Crippen LogP contribution in [0.15, 0.2) is 0 Å². The van der Waals surface area contributed by atoms with Crippen molar-refractivity contribution in [2.45, 2.75) is 96.8 Å². The number of unbranched alkanes of at least 4 members (excludes halogenated alkanes) is 13. The molecule has 3 N–H and O–H groups in total. The standard InChI is InChI=1S/C16H36BNO3/c1-2-3-4-5-6-7-8-9-10-11-12-13-14-15-16-20-17(19)21-18/h19H,2-16,18H2,1H3. The van der Waals surface area contributed by atoms with E-state index in [0.29, 0.717) is 6.61 Å². The van der Waals surface area contributed by atoms with Crippen LogP contribution in [0.1, 0.15) is 96.8 Å². The van der Waals surface area contributed by atoms with E-state index in [1.54, 1.807) is 0 Å². The van der Waals surface area contributed by atoms with Crippen LogP contribution in [-0.2, 0) is 9.41 Å². The van der Waals surface area contributed by atoms with Crippen molar-refractivity contribution in [1.82, 2.24) is 0 Å². The first-order valence-corrected chi connectivity index (χ1v) is 8.96. The lowest BCUT2D eigenvalue weighted by Gasteiger charge is -2.05. The maximum Gasteiger partial charge on any atom is 0.654 e. The lowest BCUT2D eigenvalue weighted by molar-refractivity contribution is 0.132. The fraction of sp³-hybridized carbons (Fsp3) is 1.00. The molecular formula is C16H36BNO3. The average molecular weight is 301 g/mol. The fourth-order valence-corrected chi connectivity index (χ4v) is 2.52. The third-order valence-corrected chi connectivity index (χ3v) is 3.87. The molecule has 0 aromatic carbocycles. The third kappa shape index (κ3) is 17.9. The minimum absolute atomic E-state index is 0.510. The Labute approximate surface area is 131 Å². The Bertz CT molecular complexity index is 196. The molecule has 4 nitrogen and oxygen atoms in total. The number of hydrogen-bond acceptors (Lipinski definition) is 4. The molecule has 0 spiro atoms. The Balaban J connectivity index is 2.96. The predicted octanol–water partition coefficient (Wildman–Crippen LogP) is 4.35. The Hall–Kier alpha value is -0.0951. The van der Waals surface area contributed by atoms with Crippen LogP contribution in [0.5, 0.6) is 0 Å². The summed E-state index contributed by atoms with van der Waals surface area (Å²) in [4.78, 5) is 0. The monoisotopic (exact) mass is 301 g/mol. The molecule has 5 heteroatoms. The molecule has 0 aromatic heterocycles. The highest BCUT2D eigenvalue weighted by atomic mass is 16.7. The molecule has 0 saturated carbocycles. The Morgan fingerprint density at radius 1 is 0.714 bits per heavy atom. The molecule has 0 saturated heterocycles. The van der Waals surface area contributed by atoms with Crippen LogP contribution in [0.2, 0.25) is 0 Å². The summed E-state index contributed by atoms with van der Waals surface area (Å²) in [5, 5.41) is 8.89. The van der Waals surface area contributed by atoms with Crippen molar-refractivity contribution in [3.63, 3.8) is 0 Å². The van der Waals surface area contributed by atoms with E-state index < -0.39 is 7.32 Å². The molecule has 0 aromatic rings. The summed E-state index contributed by atoms with van der Waals surface area (Å²) in [5.74, 6) is 4.76. The van der Waals surface area contributed by atoms with Crippen molar-refractivity contribution >= 4 is 7.32 Å². The van der Waals surface area contributed by atoms with Crippen molar-refractivity contribution in [1.29, 1.82) is 0 Å². The molecule has 0 unspecified atom stereocenters. The molecule has 0 atom stereocenters. The van der Waals surface area contributed by atoms with E-state index in [0.717, 1.165) is 12.8 Å². The van der Waals surface area contributed by atoms with Gasteiger partial charge in [0.1, 0.15) is 0 Å². The van der Waals surface area contributed by atoms with Gasteiger partial charge in [0.15, 0.2) is 0 Å². The third-order valence-electron chi connectivity index (χ3n) is 3.87. The molecule has 0 rings (SSSR count). The van der Waals surface area contributed by atoms with Crippen molar-refractivity contribution in [2.75, 3.05) is 6.61 Å². The van der Waals surface area contributed by atoms with E-state index in [4.69, 9.17) is 15.6 Å². The summed E-state index contributed by atoms with van der Waals surface area (Å²) < 4.78 is 9.01. The molecule has 0 bridgehead atoms. The molecule has 0 radical (unpaired) electrons. The van der Waals surface area contributed by atoms with E-state index in [1.807, 2.05) is 0 Å².